The van der Waals surface area contributed by atoms with Crippen molar-refractivity contribution in [1.82, 2.24) is 0 Å². The third-order valence-corrected chi connectivity index (χ3v) is 1.56. The van der Waals surface area contributed by atoms with E-state index < -0.39 is 24.3 Å². The number of rotatable bonds is 7. The molecule has 3 atom stereocenters. The third kappa shape index (κ3) is 3.63. The standard InChI is InChI=1S/C8H12O6/c1-5(3-9)7(8(11)12)14-6(4-10)13-2/h3-7H,1-2H3,(H,11,12). The number of hydrogen-bond donors (Lipinski definition) is 1. The molecule has 0 saturated heterocycles. The SMILES string of the molecule is COC(C=O)OC(C(=O)O)C(C)C=O. The zero-order chi connectivity index (χ0) is 11.1. The molecule has 0 rings (SSSR count). The molecule has 0 aromatic carbocycles. The zero-order valence-electron chi connectivity index (χ0n) is 7.88. The number of carbonyl (C=O) groups is 3. The van der Waals surface area contributed by atoms with E-state index in [-0.39, 0.29) is 0 Å². The Labute approximate surface area is 80.8 Å². The highest BCUT2D eigenvalue weighted by atomic mass is 16.7. The summed E-state index contributed by atoms with van der Waals surface area (Å²) in [5.74, 6) is -2.15. The summed E-state index contributed by atoms with van der Waals surface area (Å²) in [4.78, 5) is 31.2. The fraction of sp³-hybridized carbons (Fsp3) is 0.625. The van der Waals surface area contributed by atoms with Gasteiger partial charge in [-0.05, 0) is 0 Å². The maximum absolute atomic E-state index is 10.6. The first-order chi connectivity index (χ1) is 6.56. The molecular formula is C8H12O6. The number of carbonyl (C=O) groups excluding carboxylic acids is 2. The first-order valence-corrected chi connectivity index (χ1v) is 3.88. The number of carboxylic acids is 1. The fourth-order valence-electron chi connectivity index (χ4n) is 0.766. The Kier molecular flexibility index (Phi) is 5.66. The second-order valence-corrected chi connectivity index (χ2v) is 2.63. The lowest BCUT2D eigenvalue weighted by Crippen LogP contribution is -2.36. The second kappa shape index (κ2) is 6.22. The minimum atomic E-state index is -1.37. The molecule has 0 saturated carbocycles. The minimum absolute atomic E-state index is 0.313. The van der Waals surface area contributed by atoms with Gasteiger partial charge < -0.3 is 19.4 Å². The fourth-order valence-corrected chi connectivity index (χ4v) is 0.766. The number of aliphatic carboxylic acids is 1. The van der Waals surface area contributed by atoms with Crippen molar-refractivity contribution in [1.29, 1.82) is 0 Å². The first kappa shape index (κ1) is 12.7. The quantitative estimate of drug-likeness (QED) is 0.442. The van der Waals surface area contributed by atoms with Crippen molar-refractivity contribution >= 4 is 18.5 Å². The Morgan fingerprint density at radius 1 is 1.36 bits per heavy atom. The molecule has 0 heterocycles. The van der Waals surface area contributed by atoms with Gasteiger partial charge in [0.1, 0.15) is 6.29 Å². The number of methoxy groups -OCH3 is 1. The Bertz CT molecular complexity index is 214. The normalized spacial score (nSPS) is 16.7. The van der Waals surface area contributed by atoms with Gasteiger partial charge in [-0.25, -0.2) is 4.79 Å². The van der Waals surface area contributed by atoms with E-state index in [9.17, 15) is 14.4 Å². The highest BCUT2D eigenvalue weighted by Crippen LogP contribution is 2.08. The van der Waals surface area contributed by atoms with Gasteiger partial charge in [0, 0.05) is 13.0 Å². The van der Waals surface area contributed by atoms with Crippen LogP contribution in [0.4, 0.5) is 0 Å². The molecule has 0 amide bonds. The van der Waals surface area contributed by atoms with Crippen LogP contribution in [0.5, 0.6) is 0 Å². The van der Waals surface area contributed by atoms with Crippen molar-refractivity contribution in [3.8, 4) is 0 Å². The van der Waals surface area contributed by atoms with Crippen LogP contribution in [0.15, 0.2) is 0 Å². The molecule has 1 N–H and O–H groups in total. The number of ether oxygens (including phenoxy) is 2. The van der Waals surface area contributed by atoms with E-state index in [2.05, 4.69) is 4.74 Å². The van der Waals surface area contributed by atoms with Gasteiger partial charge in [0.05, 0.1) is 0 Å². The van der Waals surface area contributed by atoms with E-state index in [1.54, 1.807) is 0 Å². The van der Waals surface area contributed by atoms with E-state index in [1.165, 1.54) is 14.0 Å². The third-order valence-electron chi connectivity index (χ3n) is 1.56. The van der Waals surface area contributed by atoms with Crippen LogP contribution in [-0.2, 0) is 23.9 Å². The largest absolute Gasteiger partial charge is 0.479 e. The van der Waals surface area contributed by atoms with Gasteiger partial charge in [-0.15, -0.1) is 0 Å². The van der Waals surface area contributed by atoms with Crippen LogP contribution in [0.25, 0.3) is 0 Å². The smallest absolute Gasteiger partial charge is 0.333 e. The lowest BCUT2D eigenvalue weighted by molar-refractivity contribution is -0.186. The van der Waals surface area contributed by atoms with Crippen molar-refractivity contribution in [2.24, 2.45) is 5.92 Å². The Balaban J connectivity index is 4.43. The van der Waals surface area contributed by atoms with Gasteiger partial charge in [0.2, 0.25) is 6.29 Å². The van der Waals surface area contributed by atoms with E-state index in [1.807, 2.05) is 0 Å². The van der Waals surface area contributed by atoms with Gasteiger partial charge in [-0.2, -0.15) is 0 Å². The van der Waals surface area contributed by atoms with Crippen molar-refractivity contribution in [3.63, 3.8) is 0 Å². The molecule has 0 aliphatic rings. The van der Waals surface area contributed by atoms with Crippen LogP contribution in [0.3, 0.4) is 0 Å². The summed E-state index contributed by atoms with van der Waals surface area (Å²) in [5, 5.41) is 8.66. The van der Waals surface area contributed by atoms with Crippen LogP contribution in [0.1, 0.15) is 6.92 Å². The predicted molar refractivity (Wildman–Crippen MR) is 44.6 cm³/mol. The summed E-state index contributed by atoms with van der Waals surface area (Å²) >= 11 is 0. The van der Waals surface area contributed by atoms with Crippen molar-refractivity contribution < 1.29 is 29.0 Å². The Morgan fingerprint density at radius 3 is 2.21 bits per heavy atom. The Hall–Kier alpha value is -1.27. The average molecular weight is 204 g/mol. The van der Waals surface area contributed by atoms with Crippen LogP contribution < -0.4 is 0 Å². The van der Waals surface area contributed by atoms with E-state index >= 15 is 0 Å². The minimum Gasteiger partial charge on any atom is -0.479 e. The van der Waals surface area contributed by atoms with Gasteiger partial charge in [0.15, 0.2) is 12.4 Å². The summed E-state index contributed by atoms with van der Waals surface area (Å²) in [5.41, 5.74) is 0. The molecule has 14 heavy (non-hydrogen) atoms. The predicted octanol–water partition coefficient (Wildman–Crippen LogP) is -0.537. The molecule has 0 spiro atoms. The average Bonchev–Trinajstić information content (AvgIpc) is 2.18. The number of hydrogen-bond acceptors (Lipinski definition) is 5. The van der Waals surface area contributed by atoms with E-state index in [4.69, 9.17) is 9.84 Å². The number of carboxylic acid groups (broad SMARTS) is 1. The molecule has 6 heteroatoms. The molecule has 0 aliphatic carbocycles. The first-order valence-electron chi connectivity index (χ1n) is 3.88. The van der Waals surface area contributed by atoms with E-state index in [0.29, 0.717) is 12.6 Å². The van der Waals surface area contributed by atoms with Gasteiger partial charge >= 0.3 is 5.97 Å². The summed E-state index contributed by atoms with van der Waals surface area (Å²) < 4.78 is 9.25. The second-order valence-electron chi connectivity index (χ2n) is 2.63. The zero-order valence-corrected chi connectivity index (χ0v) is 7.88. The maximum Gasteiger partial charge on any atom is 0.333 e. The summed E-state index contributed by atoms with van der Waals surface area (Å²) in [6, 6.07) is 0. The molecule has 3 unspecified atom stereocenters. The molecule has 6 nitrogen and oxygen atoms in total. The molecule has 0 bridgehead atoms. The molecule has 0 aromatic rings. The molecule has 80 valence electrons. The lowest BCUT2D eigenvalue weighted by atomic mass is 10.1. The summed E-state index contributed by atoms with van der Waals surface area (Å²) in [7, 11) is 1.20. The summed E-state index contributed by atoms with van der Waals surface area (Å²) in [6.07, 6.45) is -1.88. The molecule has 0 aliphatic heterocycles. The maximum atomic E-state index is 10.6. The highest BCUT2D eigenvalue weighted by Gasteiger charge is 2.28. The topological polar surface area (TPSA) is 89.9 Å². The van der Waals surface area contributed by atoms with Gasteiger partial charge in [0.25, 0.3) is 0 Å². The monoisotopic (exact) mass is 204 g/mol. The van der Waals surface area contributed by atoms with Gasteiger partial charge in [-0.3, -0.25) is 4.79 Å². The van der Waals surface area contributed by atoms with Crippen LogP contribution in [0, 0.1) is 5.92 Å². The lowest BCUT2D eigenvalue weighted by Gasteiger charge is -2.19. The van der Waals surface area contributed by atoms with E-state index in [0.717, 1.165) is 0 Å². The molecule has 0 aromatic heterocycles. The molecular weight excluding hydrogens is 192 g/mol. The van der Waals surface area contributed by atoms with Crippen LogP contribution >= 0.6 is 0 Å². The van der Waals surface area contributed by atoms with Crippen LogP contribution in [-0.4, -0.2) is 43.2 Å². The Morgan fingerprint density at radius 2 is 1.93 bits per heavy atom. The van der Waals surface area contributed by atoms with Crippen molar-refractivity contribution in [3.05, 3.63) is 0 Å². The van der Waals surface area contributed by atoms with Gasteiger partial charge in [-0.1, -0.05) is 6.92 Å². The highest BCUT2D eigenvalue weighted by molar-refractivity contribution is 5.77. The molecule has 0 radical (unpaired) electrons. The number of aldehydes is 2. The van der Waals surface area contributed by atoms with Crippen LogP contribution in [0.2, 0.25) is 0 Å². The van der Waals surface area contributed by atoms with Crippen molar-refractivity contribution in [2.45, 2.75) is 19.3 Å². The molecule has 0 fully saturated rings. The van der Waals surface area contributed by atoms with Crippen molar-refractivity contribution in [2.75, 3.05) is 7.11 Å². The summed E-state index contributed by atoms with van der Waals surface area (Å²) in [6.45, 7) is 1.38.